The highest BCUT2D eigenvalue weighted by Gasteiger charge is 2.49. The van der Waals surface area contributed by atoms with Crippen molar-refractivity contribution in [3.8, 4) is 0 Å². The van der Waals surface area contributed by atoms with Gasteiger partial charge >= 0.3 is 0 Å². The van der Waals surface area contributed by atoms with Crippen molar-refractivity contribution in [2.24, 2.45) is 0 Å². The van der Waals surface area contributed by atoms with E-state index in [4.69, 9.17) is 34.8 Å². The molecule has 0 aromatic heterocycles. The first kappa shape index (κ1) is 14.3. The monoisotopic (exact) mass is 319 g/mol. The Morgan fingerprint density at radius 3 is 2.58 bits per heavy atom. The summed E-state index contributed by atoms with van der Waals surface area (Å²) in [5, 5.41) is -0.451. The van der Waals surface area contributed by atoms with Gasteiger partial charge in [-0.05, 0) is 35.4 Å². The molecule has 100 valence electrons. The molecule has 0 bridgehead atoms. The number of fused-ring (bicyclic) bond motifs is 1. The van der Waals surface area contributed by atoms with E-state index in [9.17, 15) is 14.4 Å². The molecule has 1 unspecified atom stereocenters. The van der Waals surface area contributed by atoms with Crippen molar-refractivity contribution in [2.45, 2.75) is 11.3 Å². The molecule has 1 aromatic carbocycles. The third-order valence-corrected chi connectivity index (χ3v) is 3.84. The van der Waals surface area contributed by atoms with Gasteiger partial charge in [0.1, 0.15) is 0 Å². The lowest BCUT2D eigenvalue weighted by molar-refractivity contribution is -0.133. The Labute approximate surface area is 124 Å². The molecule has 19 heavy (non-hydrogen) atoms. The molecule has 1 aromatic rings. The fraction of sp³-hybridized carbons (Fsp3) is 0.250. The quantitative estimate of drug-likeness (QED) is 0.478. The summed E-state index contributed by atoms with van der Waals surface area (Å²) in [6.07, 6.45) is -0.417. The predicted octanol–water partition coefficient (Wildman–Crippen LogP) is 2.54. The van der Waals surface area contributed by atoms with Crippen LogP contribution in [-0.4, -0.2) is 29.0 Å². The zero-order valence-electron chi connectivity index (χ0n) is 9.75. The Balaban J connectivity index is 2.70. The second-order valence-corrected chi connectivity index (χ2v) is 5.70. The first-order valence-electron chi connectivity index (χ1n) is 5.27. The Morgan fingerprint density at radius 1 is 1.37 bits per heavy atom. The van der Waals surface area contributed by atoms with Gasteiger partial charge in [-0.2, -0.15) is 0 Å². The number of carbonyl (C=O) groups excluding carboxylic acids is 3. The van der Waals surface area contributed by atoms with E-state index in [-0.39, 0.29) is 11.1 Å². The van der Waals surface area contributed by atoms with Crippen molar-refractivity contribution in [1.82, 2.24) is 4.90 Å². The number of halogens is 3. The summed E-state index contributed by atoms with van der Waals surface area (Å²) in [6.45, 7) is 0. The van der Waals surface area contributed by atoms with E-state index in [1.54, 1.807) is 0 Å². The highest BCUT2D eigenvalue weighted by Crippen LogP contribution is 2.42. The average molecular weight is 321 g/mol. The summed E-state index contributed by atoms with van der Waals surface area (Å²) in [5.41, 5.74) is 0.447. The molecule has 1 atom stereocenters. The maximum atomic E-state index is 12.2. The molecule has 1 aliphatic heterocycles. The first-order valence-corrected chi connectivity index (χ1v) is 6.40. The molecule has 0 spiro atoms. The molecule has 0 N–H and O–H groups in total. The molecule has 0 radical (unpaired) electrons. The minimum atomic E-state index is -1.69. The van der Waals surface area contributed by atoms with Gasteiger partial charge < -0.3 is 0 Å². The number of amides is 2. The van der Waals surface area contributed by atoms with Gasteiger partial charge in [0, 0.05) is 17.6 Å². The second-order valence-electron chi connectivity index (χ2n) is 4.19. The van der Waals surface area contributed by atoms with Crippen molar-refractivity contribution in [3.63, 3.8) is 0 Å². The van der Waals surface area contributed by atoms with E-state index in [0.717, 1.165) is 4.90 Å². The molecule has 2 amide bonds. The highest BCUT2D eigenvalue weighted by molar-refractivity contribution is 6.64. The number of nitrogens with zero attached hydrogens (tertiary/aromatic N) is 1. The third-order valence-electron chi connectivity index (χ3n) is 2.97. The third kappa shape index (κ3) is 2.24. The molecule has 0 fully saturated rings. The maximum absolute atomic E-state index is 12.2. The van der Waals surface area contributed by atoms with E-state index in [2.05, 4.69) is 0 Å². The molecule has 1 heterocycles. The normalized spacial score (nSPS) is 22.4. The Bertz CT molecular complexity index is 602. The average Bonchev–Trinajstić information content (AvgIpc) is 2.33. The van der Waals surface area contributed by atoms with Gasteiger partial charge in [0.25, 0.3) is 11.8 Å². The van der Waals surface area contributed by atoms with E-state index in [1.807, 2.05) is 0 Å². The lowest BCUT2D eigenvalue weighted by Crippen LogP contribution is -2.50. The maximum Gasteiger partial charge on any atom is 0.260 e. The number of carbonyl (C=O) groups is 3. The molecule has 7 heteroatoms. The number of imide groups is 1. The zero-order chi connectivity index (χ0) is 14.4. The number of alkyl halides is 1. The minimum Gasteiger partial charge on any atom is -0.281 e. The van der Waals surface area contributed by atoms with Crippen molar-refractivity contribution in [1.29, 1.82) is 0 Å². The van der Waals surface area contributed by atoms with Gasteiger partial charge in [0.2, 0.25) is 5.24 Å². The molecule has 0 aliphatic carbocycles. The predicted molar refractivity (Wildman–Crippen MR) is 71.6 cm³/mol. The van der Waals surface area contributed by atoms with Crippen LogP contribution in [0.4, 0.5) is 0 Å². The standard InChI is InChI=1S/C12H8Cl3NO3/c1-16-10(18)7-3-2-6(13)4-8(7)12(15,11(16)19)5-9(14)17/h2-4H,5H2,1H3. The van der Waals surface area contributed by atoms with Crippen LogP contribution >= 0.6 is 34.8 Å². The van der Waals surface area contributed by atoms with Crippen molar-refractivity contribution < 1.29 is 14.4 Å². The summed E-state index contributed by atoms with van der Waals surface area (Å²) in [7, 11) is 1.30. The number of benzene rings is 1. The molecular formula is C12H8Cl3NO3. The first-order chi connectivity index (χ1) is 8.77. The van der Waals surface area contributed by atoms with Crippen molar-refractivity contribution in [2.75, 3.05) is 7.05 Å². The smallest absolute Gasteiger partial charge is 0.260 e. The van der Waals surface area contributed by atoms with Crippen LogP contribution in [0.1, 0.15) is 22.3 Å². The number of hydrogen-bond donors (Lipinski definition) is 0. The fourth-order valence-corrected chi connectivity index (χ4v) is 2.89. The van der Waals surface area contributed by atoms with Crippen LogP contribution < -0.4 is 0 Å². The van der Waals surface area contributed by atoms with Crippen molar-refractivity contribution in [3.05, 3.63) is 34.3 Å². The SMILES string of the molecule is CN1C(=O)c2ccc(Cl)cc2C(Cl)(CC(=O)Cl)C1=O. The van der Waals surface area contributed by atoms with Gasteiger partial charge in [0.05, 0.1) is 6.42 Å². The van der Waals surface area contributed by atoms with Gasteiger partial charge in [-0.15, -0.1) is 11.6 Å². The van der Waals surface area contributed by atoms with Gasteiger partial charge in [0.15, 0.2) is 4.87 Å². The van der Waals surface area contributed by atoms with Crippen LogP contribution in [0, 0.1) is 0 Å². The van der Waals surface area contributed by atoms with Gasteiger partial charge in [-0.25, -0.2) is 0 Å². The number of rotatable bonds is 2. The Kier molecular flexibility index (Phi) is 3.60. The van der Waals surface area contributed by atoms with Crippen LogP contribution in [-0.2, 0) is 14.5 Å². The van der Waals surface area contributed by atoms with Crippen LogP contribution in [0.2, 0.25) is 5.02 Å². The lowest BCUT2D eigenvalue weighted by atomic mass is 9.86. The summed E-state index contributed by atoms with van der Waals surface area (Å²) >= 11 is 17.5. The molecule has 0 saturated heterocycles. The Morgan fingerprint density at radius 2 is 2.00 bits per heavy atom. The fourth-order valence-electron chi connectivity index (χ4n) is 2.05. The molecule has 1 aliphatic rings. The van der Waals surface area contributed by atoms with Crippen LogP contribution in [0.3, 0.4) is 0 Å². The number of likely N-dealkylation sites (N-methyl/N-ethyl adjacent to an activating group) is 1. The van der Waals surface area contributed by atoms with Crippen LogP contribution in [0.15, 0.2) is 18.2 Å². The molecule has 0 saturated carbocycles. The Hall–Kier alpha value is -1.10. The zero-order valence-corrected chi connectivity index (χ0v) is 12.0. The van der Waals surface area contributed by atoms with E-state index < -0.39 is 28.4 Å². The summed E-state index contributed by atoms with van der Waals surface area (Å²) in [6, 6.07) is 4.40. The van der Waals surface area contributed by atoms with E-state index >= 15 is 0 Å². The van der Waals surface area contributed by atoms with E-state index in [1.165, 1.54) is 25.2 Å². The number of hydrogen-bond acceptors (Lipinski definition) is 3. The van der Waals surface area contributed by atoms with Crippen LogP contribution in [0.25, 0.3) is 0 Å². The summed E-state index contributed by atoms with van der Waals surface area (Å²) in [4.78, 5) is 34.5. The van der Waals surface area contributed by atoms with Crippen LogP contribution in [0.5, 0.6) is 0 Å². The van der Waals surface area contributed by atoms with Gasteiger partial charge in [-0.3, -0.25) is 19.3 Å². The molecule has 2 rings (SSSR count). The summed E-state index contributed by atoms with van der Waals surface area (Å²) in [5.74, 6) is -1.18. The summed E-state index contributed by atoms with van der Waals surface area (Å²) < 4.78 is 0. The topological polar surface area (TPSA) is 54.5 Å². The van der Waals surface area contributed by atoms with Gasteiger partial charge in [-0.1, -0.05) is 11.6 Å². The lowest BCUT2D eigenvalue weighted by Gasteiger charge is -2.35. The largest absolute Gasteiger partial charge is 0.281 e. The highest BCUT2D eigenvalue weighted by atomic mass is 35.5. The second kappa shape index (κ2) is 4.78. The molecule has 4 nitrogen and oxygen atoms in total. The van der Waals surface area contributed by atoms with Crippen molar-refractivity contribution >= 4 is 51.9 Å². The van der Waals surface area contributed by atoms with E-state index in [0.29, 0.717) is 5.02 Å². The minimum absolute atomic E-state index is 0.212. The molecular weight excluding hydrogens is 312 g/mol.